The fourth-order valence-corrected chi connectivity index (χ4v) is 3.12. The predicted octanol–water partition coefficient (Wildman–Crippen LogP) is 1.39. The first kappa shape index (κ1) is 15.0. The summed E-state index contributed by atoms with van der Waals surface area (Å²) in [5.41, 5.74) is -0.222. The number of hydrogen-bond donors (Lipinski definition) is 2. The smallest absolute Gasteiger partial charge is 0.147 e. The van der Waals surface area contributed by atoms with Crippen LogP contribution in [0.2, 0.25) is 0 Å². The Bertz CT molecular complexity index is 488. The van der Waals surface area contributed by atoms with Crippen molar-refractivity contribution in [2.75, 3.05) is 20.7 Å². The maximum Gasteiger partial charge on any atom is 0.147 e. The highest BCUT2D eigenvalue weighted by Gasteiger charge is 2.45. The van der Waals surface area contributed by atoms with Gasteiger partial charge in [-0.25, -0.2) is 4.58 Å². The topological polar surface area (TPSA) is 52.7 Å². The largest absolute Gasteiger partial charge is 0.497 e. The van der Waals surface area contributed by atoms with Crippen molar-refractivity contribution in [1.29, 1.82) is 0 Å². The molecule has 0 aliphatic heterocycles. The molecule has 2 N–H and O–H groups in total. The molecule has 1 aliphatic carbocycles. The highest BCUT2D eigenvalue weighted by atomic mass is 16.5. The third kappa shape index (κ3) is 3.02. The molecule has 4 heteroatoms. The molecule has 0 spiro atoms. The standard InChI is InChI=1S/C16H24NO3/c1-17(2)11-13-7-8-14(18)10-16(13,19)12-5-4-6-15(9-12)20-3/h4-6,9,13-14,18-19H,1,7-8,10-11H2,2-3H3/q+1. The molecule has 20 heavy (non-hydrogen) atoms. The summed E-state index contributed by atoms with van der Waals surface area (Å²) in [5, 5.41) is 21.1. The van der Waals surface area contributed by atoms with Crippen LogP contribution in [0, 0.1) is 5.92 Å². The lowest BCUT2D eigenvalue weighted by Crippen LogP contribution is -2.45. The minimum absolute atomic E-state index is 0.0560. The Balaban J connectivity index is 2.36. The van der Waals surface area contributed by atoms with Crippen LogP contribution < -0.4 is 4.74 Å². The molecule has 3 unspecified atom stereocenters. The van der Waals surface area contributed by atoms with Gasteiger partial charge in [-0.05, 0) is 30.5 Å². The van der Waals surface area contributed by atoms with Crippen LogP contribution in [0.4, 0.5) is 0 Å². The minimum Gasteiger partial charge on any atom is -0.497 e. The summed E-state index contributed by atoms with van der Waals surface area (Å²) in [4.78, 5) is 0. The zero-order valence-electron chi connectivity index (χ0n) is 12.2. The monoisotopic (exact) mass is 278 g/mol. The highest BCUT2D eigenvalue weighted by Crippen LogP contribution is 2.42. The van der Waals surface area contributed by atoms with Crippen LogP contribution in [-0.2, 0) is 5.60 Å². The lowest BCUT2D eigenvalue weighted by Gasteiger charge is -2.41. The van der Waals surface area contributed by atoms with E-state index in [0.717, 1.165) is 24.2 Å². The molecule has 0 bridgehead atoms. The van der Waals surface area contributed by atoms with E-state index in [-0.39, 0.29) is 5.92 Å². The summed E-state index contributed by atoms with van der Waals surface area (Å²) in [6.45, 7) is 4.57. The van der Waals surface area contributed by atoms with Crippen LogP contribution in [-0.4, -0.2) is 48.3 Å². The Hall–Kier alpha value is -1.39. The lowest BCUT2D eigenvalue weighted by molar-refractivity contribution is -0.503. The zero-order valence-corrected chi connectivity index (χ0v) is 12.2. The van der Waals surface area contributed by atoms with Crippen LogP contribution in [0.15, 0.2) is 24.3 Å². The average molecular weight is 278 g/mol. The van der Waals surface area contributed by atoms with Crippen molar-refractivity contribution in [2.24, 2.45) is 5.92 Å². The number of rotatable bonds is 4. The van der Waals surface area contributed by atoms with E-state index in [1.165, 1.54) is 0 Å². The maximum atomic E-state index is 11.2. The van der Waals surface area contributed by atoms with Crippen LogP contribution in [0.25, 0.3) is 0 Å². The quantitative estimate of drug-likeness (QED) is 0.646. The van der Waals surface area contributed by atoms with Crippen molar-refractivity contribution < 1.29 is 19.5 Å². The summed E-state index contributed by atoms with van der Waals surface area (Å²) in [5.74, 6) is 0.776. The number of benzene rings is 1. The van der Waals surface area contributed by atoms with E-state index in [9.17, 15) is 10.2 Å². The van der Waals surface area contributed by atoms with Gasteiger partial charge in [-0.1, -0.05) is 12.1 Å². The van der Waals surface area contributed by atoms with Gasteiger partial charge in [0.25, 0.3) is 0 Å². The van der Waals surface area contributed by atoms with Crippen molar-refractivity contribution in [3.05, 3.63) is 29.8 Å². The first-order valence-electron chi connectivity index (χ1n) is 7.02. The Morgan fingerprint density at radius 3 is 2.85 bits per heavy atom. The maximum absolute atomic E-state index is 11.2. The molecule has 3 atom stereocenters. The van der Waals surface area contributed by atoms with E-state index in [4.69, 9.17) is 4.74 Å². The molecule has 0 aromatic heterocycles. The van der Waals surface area contributed by atoms with Crippen molar-refractivity contribution in [2.45, 2.75) is 31.0 Å². The summed E-state index contributed by atoms with van der Waals surface area (Å²) < 4.78 is 7.08. The first-order valence-corrected chi connectivity index (χ1v) is 7.02. The predicted molar refractivity (Wildman–Crippen MR) is 78.4 cm³/mol. The fourth-order valence-electron chi connectivity index (χ4n) is 3.12. The lowest BCUT2D eigenvalue weighted by atomic mass is 9.70. The summed E-state index contributed by atoms with van der Waals surface area (Å²) in [6.07, 6.45) is 1.41. The van der Waals surface area contributed by atoms with Crippen LogP contribution in [0.1, 0.15) is 24.8 Å². The molecule has 1 fully saturated rings. The van der Waals surface area contributed by atoms with Crippen molar-refractivity contribution >= 4 is 6.72 Å². The molecule has 110 valence electrons. The molecule has 0 heterocycles. The molecule has 1 aromatic carbocycles. The highest BCUT2D eigenvalue weighted by molar-refractivity contribution is 5.33. The molecule has 1 aliphatic rings. The number of aliphatic hydroxyl groups excluding tert-OH is 1. The normalized spacial score (nSPS) is 30.0. The number of hydrogen-bond acceptors (Lipinski definition) is 3. The molecular weight excluding hydrogens is 254 g/mol. The van der Waals surface area contributed by atoms with Gasteiger partial charge in [-0.15, -0.1) is 0 Å². The molecule has 0 amide bonds. The van der Waals surface area contributed by atoms with E-state index in [2.05, 4.69) is 6.72 Å². The van der Waals surface area contributed by atoms with Gasteiger partial charge in [-0.3, -0.25) is 0 Å². The molecule has 1 saturated carbocycles. The van der Waals surface area contributed by atoms with E-state index in [1.807, 2.05) is 35.9 Å². The second-order valence-corrected chi connectivity index (χ2v) is 5.83. The van der Waals surface area contributed by atoms with Gasteiger partial charge in [0.15, 0.2) is 0 Å². The first-order chi connectivity index (χ1) is 9.45. The molecule has 0 radical (unpaired) electrons. The van der Waals surface area contributed by atoms with E-state index < -0.39 is 11.7 Å². The fraction of sp³-hybridized carbons (Fsp3) is 0.562. The van der Waals surface area contributed by atoms with Gasteiger partial charge < -0.3 is 14.9 Å². The van der Waals surface area contributed by atoms with Gasteiger partial charge >= 0.3 is 0 Å². The molecule has 1 aromatic rings. The van der Waals surface area contributed by atoms with Gasteiger partial charge in [0.2, 0.25) is 0 Å². The molecule has 2 rings (SSSR count). The van der Waals surface area contributed by atoms with Crippen molar-refractivity contribution in [3.8, 4) is 5.75 Å². The van der Waals surface area contributed by atoms with Gasteiger partial charge in [0.1, 0.15) is 31.7 Å². The molecular formula is C16H24NO3+. The minimum atomic E-state index is -1.03. The Morgan fingerprint density at radius 1 is 1.45 bits per heavy atom. The van der Waals surface area contributed by atoms with E-state index in [0.29, 0.717) is 13.0 Å². The van der Waals surface area contributed by atoms with Gasteiger partial charge in [0, 0.05) is 6.42 Å². The number of ether oxygens (including phenoxy) is 1. The number of aliphatic hydroxyl groups is 2. The van der Waals surface area contributed by atoms with E-state index in [1.54, 1.807) is 7.11 Å². The molecule has 0 saturated heterocycles. The van der Waals surface area contributed by atoms with Crippen molar-refractivity contribution in [1.82, 2.24) is 0 Å². The van der Waals surface area contributed by atoms with Crippen molar-refractivity contribution in [3.63, 3.8) is 0 Å². The second kappa shape index (κ2) is 5.94. The number of methoxy groups -OCH3 is 1. The Labute approximate surface area is 120 Å². The summed E-state index contributed by atoms with van der Waals surface area (Å²) >= 11 is 0. The average Bonchev–Trinajstić information content (AvgIpc) is 2.42. The SMILES string of the molecule is C=[N+](C)CC1CCC(O)CC1(O)c1cccc(OC)c1. The van der Waals surface area contributed by atoms with Gasteiger partial charge in [0.05, 0.1) is 19.1 Å². The Kier molecular flexibility index (Phi) is 4.45. The molecule has 4 nitrogen and oxygen atoms in total. The van der Waals surface area contributed by atoms with Gasteiger partial charge in [-0.2, -0.15) is 0 Å². The Morgan fingerprint density at radius 2 is 2.20 bits per heavy atom. The van der Waals surface area contributed by atoms with E-state index >= 15 is 0 Å². The van der Waals surface area contributed by atoms with Crippen LogP contribution >= 0.6 is 0 Å². The third-order valence-electron chi connectivity index (χ3n) is 4.17. The zero-order chi connectivity index (χ0) is 14.8. The summed E-state index contributed by atoms with van der Waals surface area (Å²) in [7, 11) is 3.51. The second-order valence-electron chi connectivity index (χ2n) is 5.83. The van der Waals surface area contributed by atoms with Crippen LogP contribution in [0.5, 0.6) is 5.75 Å². The summed E-state index contributed by atoms with van der Waals surface area (Å²) in [6, 6.07) is 7.48. The number of nitrogens with zero attached hydrogens (tertiary/aromatic N) is 1. The van der Waals surface area contributed by atoms with Crippen LogP contribution in [0.3, 0.4) is 0 Å². The third-order valence-corrected chi connectivity index (χ3v) is 4.17.